The summed E-state index contributed by atoms with van der Waals surface area (Å²) in [6.07, 6.45) is 0. The molecule has 0 saturated heterocycles. The van der Waals surface area contributed by atoms with E-state index < -0.39 is 11.8 Å². The van der Waals surface area contributed by atoms with Crippen molar-refractivity contribution in [1.82, 2.24) is 4.90 Å². The molecular formula is C25H11N2O4Y-. The number of amides is 4. The van der Waals surface area contributed by atoms with Gasteiger partial charge in [0.15, 0.2) is 0 Å². The van der Waals surface area contributed by atoms with Crippen LogP contribution in [0.2, 0.25) is 0 Å². The van der Waals surface area contributed by atoms with Gasteiger partial charge in [-0.25, -0.2) is 0 Å². The average molecular weight is 492 g/mol. The second kappa shape index (κ2) is 6.18. The molecule has 0 aromatic heterocycles. The van der Waals surface area contributed by atoms with Crippen molar-refractivity contribution in [3.8, 4) is 0 Å². The fraction of sp³-hybridized carbons (Fsp3) is 0.0400. The summed E-state index contributed by atoms with van der Waals surface area (Å²) in [6.45, 7) is 0. The smallest absolute Gasteiger partial charge is 0.261 e. The Morgan fingerprint density at radius 1 is 0.531 bits per heavy atom. The Labute approximate surface area is 205 Å². The molecule has 7 rings (SSSR count). The second-order valence-corrected chi connectivity index (χ2v) is 8.03. The molecule has 32 heavy (non-hydrogen) atoms. The average Bonchev–Trinajstić information content (AvgIpc) is 2.78. The Balaban J connectivity index is 0.00000196. The van der Waals surface area contributed by atoms with Crippen LogP contribution in [0.3, 0.4) is 0 Å². The molecule has 0 bridgehead atoms. The number of carbonyl (C=O) groups is 4. The van der Waals surface area contributed by atoms with Crippen LogP contribution in [0.4, 0.5) is 0 Å². The molecule has 2 aliphatic heterocycles. The molecule has 0 aliphatic carbocycles. The first-order chi connectivity index (χ1) is 15.0. The topological polar surface area (TPSA) is 85.6 Å². The molecule has 0 N–H and O–H groups in total. The van der Waals surface area contributed by atoms with E-state index in [1.807, 2.05) is 24.3 Å². The Hall–Kier alpha value is -3.22. The van der Waals surface area contributed by atoms with Crippen molar-refractivity contribution >= 4 is 66.7 Å². The maximum atomic E-state index is 12.8. The summed E-state index contributed by atoms with van der Waals surface area (Å²) in [7, 11) is 1.49. The second-order valence-electron chi connectivity index (χ2n) is 8.03. The van der Waals surface area contributed by atoms with Gasteiger partial charge in [-0.15, -0.1) is 0 Å². The molecule has 2 aliphatic rings. The van der Waals surface area contributed by atoms with E-state index in [-0.39, 0.29) is 44.5 Å². The van der Waals surface area contributed by atoms with Crippen LogP contribution in [0.25, 0.3) is 48.4 Å². The van der Waals surface area contributed by atoms with E-state index in [1.165, 1.54) is 7.05 Å². The van der Waals surface area contributed by atoms with Crippen molar-refractivity contribution in [2.75, 3.05) is 7.05 Å². The number of imide groups is 2. The van der Waals surface area contributed by atoms with Gasteiger partial charge in [0, 0.05) is 72.8 Å². The molecule has 4 amide bonds. The van der Waals surface area contributed by atoms with Crippen LogP contribution < -0.4 is 0 Å². The normalized spacial score (nSPS) is 15.2. The minimum Gasteiger partial charge on any atom is -0.587 e. The molecule has 1 radical (unpaired) electrons. The first-order valence-electron chi connectivity index (χ1n) is 9.80. The number of carbonyl (C=O) groups excluding carboxylic acids is 4. The third-order valence-electron chi connectivity index (χ3n) is 6.64. The van der Waals surface area contributed by atoms with Crippen LogP contribution >= 0.6 is 0 Å². The molecule has 0 spiro atoms. The standard InChI is InChI=1S/C25H12N2O4.Y/c1-27-24(30)16-8-4-12-10-2-6-14-20-15(23(29)26-22(14)28)7-3-11(18(10)20)13-5-9-17(25(27)31)21(16)19(12)13;/h2-9H,1H3,(H,26,28,29);/p-1. The minimum absolute atomic E-state index is 0. The van der Waals surface area contributed by atoms with Gasteiger partial charge < -0.3 is 14.9 Å². The van der Waals surface area contributed by atoms with E-state index >= 15 is 0 Å². The SMILES string of the molecule is CN1C(=O)c2ccc3c4ccc5c6c(ccc(c7ccc(c2c37)C1=O)c64)C(=O)[N-]C5=O.[Y]. The third kappa shape index (κ3) is 2.07. The Morgan fingerprint density at radius 3 is 1.28 bits per heavy atom. The van der Waals surface area contributed by atoms with Gasteiger partial charge in [0.25, 0.3) is 11.8 Å². The fourth-order valence-corrected chi connectivity index (χ4v) is 5.27. The van der Waals surface area contributed by atoms with Crippen molar-refractivity contribution < 1.29 is 51.9 Å². The predicted molar refractivity (Wildman–Crippen MR) is 116 cm³/mol. The van der Waals surface area contributed by atoms with Gasteiger partial charge >= 0.3 is 0 Å². The van der Waals surface area contributed by atoms with Gasteiger partial charge in [0.05, 0.1) is 11.8 Å². The van der Waals surface area contributed by atoms with E-state index in [0.29, 0.717) is 33.0 Å². The van der Waals surface area contributed by atoms with Gasteiger partial charge in [0.1, 0.15) is 0 Å². The zero-order valence-corrected chi connectivity index (χ0v) is 19.6. The quantitative estimate of drug-likeness (QED) is 0.179. The molecule has 0 fully saturated rings. The van der Waals surface area contributed by atoms with Crippen molar-refractivity contribution in [2.45, 2.75) is 0 Å². The van der Waals surface area contributed by atoms with E-state index in [9.17, 15) is 19.2 Å². The van der Waals surface area contributed by atoms with E-state index in [0.717, 1.165) is 37.2 Å². The van der Waals surface area contributed by atoms with Gasteiger partial charge in [-0.05, 0) is 44.5 Å². The first kappa shape index (κ1) is 19.5. The number of nitrogens with zero attached hydrogens (tertiary/aromatic N) is 2. The molecule has 2 heterocycles. The summed E-state index contributed by atoms with van der Waals surface area (Å²) >= 11 is 0. The van der Waals surface area contributed by atoms with Gasteiger partial charge in [-0.1, -0.05) is 36.4 Å². The monoisotopic (exact) mass is 492 g/mol. The van der Waals surface area contributed by atoms with Crippen LogP contribution in [-0.4, -0.2) is 35.6 Å². The summed E-state index contributed by atoms with van der Waals surface area (Å²) < 4.78 is 0. The zero-order valence-electron chi connectivity index (χ0n) is 16.7. The number of fused-ring (bicyclic) bond motifs is 2. The number of hydrogen-bond donors (Lipinski definition) is 0. The molecular weight excluding hydrogens is 481 g/mol. The zero-order chi connectivity index (χ0) is 21.2. The predicted octanol–water partition coefficient (Wildman–Crippen LogP) is 4.63. The maximum absolute atomic E-state index is 12.8. The summed E-state index contributed by atoms with van der Waals surface area (Å²) in [6, 6.07) is 14.4. The Kier molecular flexibility index (Phi) is 3.76. The van der Waals surface area contributed by atoms with Gasteiger partial charge in [-0.3, -0.25) is 14.5 Å². The van der Waals surface area contributed by atoms with Crippen LogP contribution in [-0.2, 0) is 32.7 Å². The van der Waals surface area contributed by atoms with Crippen molar-refractivity contribution in [3.63, 3.8) is 0 Å². The van der Waals surface area contributed by atoms with Crippen LogP contribution in [0, 0.1) is 0 Å². The maximum Gasteiger partial charge on any atom is 0.261 e. The van der Waals surface area contributed by atoms with E-state index in [4.69, 9.17) is 0 Å². The van der Waals surface area contributed by atoms with Crippen LogP contribution in [0.15, 0.2) is 48.5 Å². The van der Waals surface area contributed by atoms with Crippen molar-refractivity contribution in [3.05, 3.63) is 76.1 Å². The summed E-state index contributed by atoms with van der Waals surface area (Å²) in [5.41, 5.74) is 1.82. The molecule has 6 nitrogen and oxygen atoms in total. The summed E-state index contributed by atoms with van der Waals surface area (Å²) in [5.74, 6) is -1.71. The van der Waals surface area contributed by atoms with Gasteiger partial charge in [-0.2, -0.15) is 0 Å². The largest absolute Gasteiger partial charge is 0.587 e. The van der Waals surface area contributed by atoms with Crippen molar-refractivity contribution in [1.29, 1.82) is 0 Å². The Morgan fingerprint density at radius 2 is 0.875 bits per heavy atom. The number of rotatable bonds is 0. The van der Waals surface area contributed by atoms with E-state index in [1.54, 1.807) is 24.3 Å². The van der Waals surface area contributed by atoms with Crippen molar-refractivity contribution in [2.24, 2.45) is 0 Å². The Bertz CT molecular complexity index is 1640. The molecule has 5 aromatic carbocycles. The molecule has 5 aromatic rings. The summed E-state index contributed by atoms with van der Waals surface area (Å²) in [4.78, 5) is 51.6. The molecule has 7 heteroatoms. The third-order valence-corrected chi connectivity index (χ3v) is 6.64. The summed E-state index contributed by atoms with van der Waals surface area (Å²) in [5, 5.41) is 10.1. The number of benzene rings is 5. The first-order valence-corrected chi connectivity index (χ1v) is 9.80. The minimum atomic E-state index is -0.531. The van der Waals surface area contributed by atoms with E-state index in [2.05, 4.69) is 5.32 Å². The fourth-order valence-electron chi connectivity index (χ4n) is 5.27. The number of hydrogen-bond acceptors (Lipinski definition) is 4. The van der Waals surface area contributed by atoms with Gasteiger partial charge in [0.2, 0.25) is 0 Å². The molecule has 0 unspecified atom stereocenters. The van der Waals surface area contributed by atoms with Crippen LogP contribution in [0.5, 0.6) is 0 Å². The molecule has 149 valence electrons. The van der Waals surface area contributed by atoms with Crippen LogP contribution in [0.1, 0.15) is 41.4 Å². The molecule has 0 atom stereocenters. The molecule has 0 saturated carbocycles.